The number of benzene rings is 3. The molecule has 0 aromatic heterocycles. The number of amides is 3. The van der Waals surface area contributed by atoms with Crippen molar-refractivity contribution in [3.05, 3.63) is 65.7 Å². The van der Waals surface area contributed by atoms with Crippen molar-refractivity contribution in [2.24, 2.45) is 0 Å². The third-order valence-electron chi connectivity index (χ3n) is 6.64. The first kappa shape index (κ1) is 25.2. The van der Waals surface area contributed by atoms with Crippen LogP contribution in [-0.2, 0) is 27.3 Å². The zero-order valence-electron chi connectivity index (χ0n) is 21.1. The fourth-order valence-corrected chi connectivity index (χ4v) is 4.61. The van der Waals surface area contributed by atoms with E-state index in [0.29, 0.717) is 24.3 Å². The summed E-state index contributed by atoms with van der Waals surface area (Å²) >= 11 is 0. The van der Waals surface area contributed by atoms with Crippen LogP contribution in [0.15, 0.2) is 54.6 Å². The predicted octanol–water partition coefficient (Wildman–Crippen LogP) is 3.38. The molecule has 188 valence electrons. The van der Waals surface area contributed by atoms with Crippen LogP contribution in [0, 0.1) is 0 Å². The second kappa shape index (κ2) is 10.8. The smallest absolute Gasteiger partial charge is 0.249 e. The summed E-state index contributed by atoms with van der Waals surface area (Å²) in [5, 5.41) is 10.5. The number of anilines is 2. The summed E-state index contributed by atoms with van der Waals surface area (Å²) < 4.78 is 5.70. The number of para-hydroxylation sites is 1. The molecule has 1 aliphatic heterocycles. The SMILES string of the molecule is CNC(C)C(=O)NC1CCc2ccccc2N(Cc2c(OC)ccc3cc(NC(C)=O)ccc23)C1=O. The van der Waals surface area contributed by atoms with Crippen LogP contribution in [0.1, 0.15) is 31.4 Å². The first-order chi connectivity index (χ1) is 17.3. The van der Waals surface area contributed by atoms with E-state index in [1.54, 1.807) is 26.0 Å². The van der Waals surface area contributed by atoms with Crippen molar-refractivity contribution < 1.29 is 19.1 Å². The lowest BCUT2D eigenvalue weighted by atomic mass is 10.0. The predicted molar refractivity (Wildman–Crippen MR) is 141 cm³/mol. The highest BCUT2D eigenvalue weighted by molar-refractivity contribution is 6.02. The van der Waals surface area contributed by atoms with Crippen LogP contribution in [0.25, 0.3) is 10.8 Å². The molecule has 8 nitrogen and oxygen atoms in total. The van der Waals surface area contributed by atoms with E-state index in [0.717, 1.165) is 27.6 Å². The van der Waals surface area contributed by atoms with E-state index in [-0.39, 0.29) is 24.3 Å². The van der Waals surface area contributed by atoms with Gasteiger partial charge in [-0.15, -0.1) is 0 Å². The molecule has 8 heteroatoms. The molecular formula is C28H32N4O4. The summed E-state index contributed by atoms with van der Waals surface area (Å²) in [6.45, 7) is 3.50. The van der Waals surface area contributed by atoms with Gasteiger partial charge in [-0.05, 0) is 67.4 Å². The molecule has 3 aromatic carbocycles. The molecule has 4 rings (SSSR count). The molecule has 0 radical (unpaired) electrons. The Balaban J connectivity index is 1.76. The van der Waals surface area contributed by atoms with Crippen molar-refractivity contribution in [3.63, 3.8) is 0 Å². The van der Waals surface area contributed by atoms with Gasteiger partial charge in [0.05, 0.1) is 19.7 Å². The molecule has 0 saturated carbocycles. The quantitative estimate of drug-likeness (QED) is 0.474. The number of likely N-dealkylation sites (N-methyl/N-ethyl adjacent to an activating group) is 1. The highest BCUT2D eigenvalue weighted by Crippen LogP contribution is 2.35. The Morgan fingerprint density at radius 2 is 1.92 bits per heavy atom. The number of rotatable bonds is 7. The first-order valence-corrected chi connectivity index (χ1v) is 12.1. The molecule has 0 fully saturated rings. The van der Waals surface area contributed by atoms with E-state index in [2.05, 4.69) is 16.0 Å². The lowest BCUT2D eigenvalue weighted by Gasteiger charge is -2.28. The Morgan fingerprint density at radius 3 is 2.64 bits per heavy atom. The fourth-order valence-electron chi connectivity index (χ4n) is 4.61. The highest BCUT2D eigenvalue weighted by Gasteiger charge is 2.33. The maximum absolute atomic E-state index is 13.9. The Hall–Kier alpha value is -3.91. The van der Waals surface area contributed by atoms with Gasteiger partial charge < -0.3 is 25.6 Å². The van der Waals surface area contributed by atoms with Gasteiger partial charge in [0.25, 0.3) is 0 Å². The lowest BCUT2D eigenvalue weighted by molar-refractivity contribution is -0.128. The van der Waals surface area contributed by atoms with Gasteiger partial charge in [-0.2, -0.15) is 0 Å². The molecule has 2 atom stereocenters. The van der Waals surface area contributed by atoms with E-state index < -0.39 is 12.1 Å². The summed E-state index contributed by atoms with van der Waals surface area (Å²) in [4.78, 5) is 39.8. The molecular weight excluding hydrogens is 456 g/mol. The van der Waals surface area contributed by atoms with Crippen molar-refractivity contribution in [1.82, 2.24) is 10.6 Å². The first-order valence-electron chi connectivity index (χ1n) is 12.1. The lowest BCUT2D eigenvalue weighted by Crippen LogP contribution is -2.52. The molecule has 3 amide bonds. The normalized spacial score (nSPS) is 16.2. The standard InChI is InChI=1S/C28H32N4O4/c1-17(29-3)27(34)31-24-13-9-19-7-5-6-8-25(19)32(28(24)35)16-23-22-12-11-21(30-18(2)33)15-20(22)10-14-26(23)36-4/h5-8,10-12,14-15,17,24,29H,9,13,16H2,1-4H3,(H,30,33)(H,31,34). The minimum Gasteiger partial charge on any atom is -0.496 e. The Kier molecular flexibility index (Phi) is 7.55. The molecule has 36 heavy (non-hydrogen) atoms. The molecule has 3 aromatic rings. The van der Waals surface area contributed by atoms with Gasteiger partial charge in [-0.3, -0.25) is 14.4 Å². The maximum Gasteiger partial charge on any atom is 0.249 e. The van der Waals surface area contributed by atoms with Gasteiger partial charge in [0.2, 0.25) is 17.7 Å². The second-order valence-corrected chi connectivity index (χ2v) is 9.03. The zero-order valence-corrected chi connectivity index (χ0v) is 21.1. The van der Waals surface area contributed by atoms with Crippen LogP contribution in [0.3, 0.4) is 0 Å². The summed E-state index contributed by atoms with van der Waals surface area (Å²) in [7, 11) is 3.32. The van der Waals surface area contributed by atoms with Crippen LogP contribution in [0.4, 0.5) is 11.4 Å². The molecule has 0 aliphatic carbocycles. The number of methoxy groups -OCH3 is 1. The zero-order chi connectivity index (χ0) is 25.8. The number of aryl methyl sites for hydroxylation is 1. The van der Waals surface area contributed by atoms with Gasteiger partial charge in [-0.25, -0.2) is 0 Å². The summed E-state index contributed by atoms with van der Waals surface area (Å²) in [5.41, 5.74) is 3.43. The maximum atomic E-state index is 13.9. The van der Waals surface area contributed by atoms with E-state index in [9.17, 15) is 14.4 Å². The van der Waals surface area contributed by atoms with Crippen molar-refractivity contribution in [3.8, 4) is 5.75 Å². The number of nitrogens with one attached hydrogen (secondary N) is 3. The minimum atomic E-state index is -0.645. The molecule has 1 aliphatic rings. The topological polar surface area (TPSA) is 99.8 Å². The van der Waals surface area contributed by atoms with E-state index in [4.69, 9.17) is 4.74 Å². The number of carbonyl (C=O) groups excluding carboxylic acids is 3. The van der Waals surface area contributed by atoms with Gasteiger partial charge in [0, 0.05) is 23.9 Å². The summed E-state index contributed by atoms with van der Waals surface area (Å²) in [6, 6.07) is 16.3. The van der Waals surface area contributed by atoms with Gasteiger partial charge >= 0.3 is 0 Å². The third-order valence-corrected chi connectivity index (χ3v) is 6.64. The van der Waals surface area contributed by atoms with Crippen molar-refractivity contribution >= 4 is 39.9 Å². The van der Waals surface area contributed by atoms with Gasteiger partial charge in [-0.1, -0.05) is 30.3 Å². The average molecular weight is 489 g/mol. The number of carbonyl (C=O) groups is 3. The number of fused-ring (bicyclic) bond motifs is 2. The van der Waals surface area contributed by atoms with Gasteiger partial charge in [0.1, 0.15) is 11.8 Å². The summed E-state index contributed by atoms with van der Waals surface area (Å²) in [5.74, 6) is 0.143. The van der Waals surface area contributed by atoms with E-state index in [1.165, 1.54) is 6.92 Å². The minimum absolute atomic E-state index is 0.143. The molecule has 0 bridgehead atoms. The largest absolute Gasteiger partial charge is 0.496 e. The van der Waals surface area contributed by atoms with Crippen molar-refractivity contribution in [2.45, 2.75) is 45.3 Å². The molecule has 3 N–H and O–H groups in total. The Bertz CT molecular complexity index is 1310. The number of ether oxygens (including phenoxy) is 1. The van der Waals surface area contributed by atoms with Crippen molar-refractivity contribution in [1.29, 1.82) is 0 Å². The number of hydrogen-bond donors (Lipinski definition) is 3. The average Bonchev–Trinajstić information content (AvgIpc) is 3.00. The third kappa shape index (κ3) is 5.18. The van der Waals surface area contributed by atoms with Crippen LogP contribution in [0.5, 0.6) is 5.75 Å². The second-order valence-electron chi connectivity index (χ2n) is 9.03. The van der Waals surface area contributed by atoms with Gasteiger partial charge in [0.15, 0.2) is 0 Å². The summed E-state index contributed by atoms with van der Waals surface area (Å²) in [6.07, 6.45) is 1.19. The van der Waals surface area contributed by atoms with Crippen LogP contribution < -0.4 is 25.6 Å². The number of nitrogens with zero attached hydrogens (tertiary/aromatic N) is 1. The van der Waals surface area contributed by atoms with Crippen LogP contribution in [0.2, 0.25) is 0 Å². The molecule has 1 heterocycles. The number of hydrogen-bond acceptors (Lipinski definition) is 5. The highest BCUT2D eigenvalue weighted by atomic mass is 16.5. The van der Waals surface area contributed by atoms with Crippen LogP contribution in [-0.4, -0.2) is 44.0 Å². The molecule has 2 unspecified atom stereocenters. The van der Waals surface area contributed by atoms with E-state index >= 15 is 0 Å². The molecule has 0 spiro atoms. The van der Waals surface area contributed by atoms with Crippen molar-refractivity contribution in [2.75, 3.05) is 24.4 Å². The fraction of sp³-hybridized carbons (Fsp3) is 0.321. The molecule has 0 saturated heterocycles. The van der Waals surface area contributed by atoms with Crippen LogP contribution >= 0.6 is 0 Å². The van der Waals surface area contributed by atoms with E-state index in [1.807, 2.05) is 54.6 Å². The Morgan fingerprint density at radius 1 is 1.14 bits per heavy atom. The Labute approximate surface area is 211 Å². The monoisotopic (exact) mass is 488 g/mol.